The SMILES string of the molecule is CSNCCN1C(=O)CC(C)C1=O. The van der Waals surface area contributed by atoms with Crippen LogP contribution in [-0.4, -0.2) is 36.1 Å². The summed E-state index contributed by atoms with van der Waals surface area (Å²) in [6.07, 6.45) is 2.29. The number of carbonyl (C=O) groups is 2. The fraction of sp³-hybridized carbons (Fsp3) is 0.750. The highest BCUT2D eigenvalue weighted by Gasteiger charge is 2.34. The lowest BCUT2D eigenvalue weighted by Crippen LogP contribution is -2.35. The summed E-state index contributed by atoms with van der Waals surface area (Å²) in [7, 11) is 0. The van der Waals surface area contributed by atoms with E-state index in [0.717, 1.165) is 0 Å². The van der Waals surface area contributed by atoms with Crippen molar-refractivity contribution in [2.24, 2.45) is 5.92 Å². The number of nitrogens with one attached hydrogen (secondary N) is 1. The second kappa shape index (κ2) is 4.62. The molecule has 0 aromatic heterocycles. The zero-order chi connectivity index (χ0) is 9.84. The standard InChI is InChI=1S/C8H14N2O2S/c1-6-5-7(11)10(8(6)12)4-3-9-13-2/h6,9H,3-5H2,1-2H3. The number of rotatable bonds is 4. The molecule has 1 fully saturated rings. The Labute approximate surface area is 82.2 Å². The van der Waals surface area contributed by atoms with Gasteiger partial charge >= 0.3 is 0 Å². The van der Waals surface area contributed by atoms with Gasteiger partial charge in [0.1, 0.15) is 0 Å². The van der Waals surface area contributed by atoms with Gasteiger partial charge in [-0.05, 0) is 6.26 Å². The van der Waals surface area contributed by atoms with E-state index in [-0.39, 0.29) is 17.7 Å². The smallest absolute Gasteiger partial charge is 0.232 e. The number of hydrogen-bond acceptors (Lipinski definition) is 4. The van der Waals surface area contributed by atoms with Crippen LogP contribution in [0.2, 0.25) is 0 Å². The number of likely N-dealkylation sites (tertiary alicyclic amines) is 1. The summed E-state index contributed by atoms with van der Waals surface area (Å²) >= 11 is 1.49. The van der Waals surface area contributed by atoms with E-state index in [4.69, 9.17) is 0 Å². The Hall–Kier alpha value is -0.550. The fourth-order valence-corrected chi connectivity index (χ4v) is 1.64. The summed E-state index contributed by atoms with van der Waals surface area (Å²) in [6, 6.07) is 0. The highest BCUT2D eigenvalue weighted by atomic mass is 32.2. The summed E-state index contributed by atoms with van der Waals surface area (Å²) < 4.78 is 3.00. The molecular formula is C8H14N2O2S. The Kier molecular flexibility index (Phi) is 3.74. The molecule has 1 aliphatic rings. The Balaban J connectivity index is 2.40. The lowest BCUT2D eigenvalue weighted by atomic mass is 10.1. The van der Waals surface area contributed by atoms with Crippen LogP contribution in [0.15, 0.2) is 0 Å². The maximum atomic E-state index is 11.4. The van der Waals surface area contributed by atoms with E-state index in [1.54, 1.807) is 6.92 Å². The molecule has 1 atom stereocenters. The van der Waals surface area contributed by atoms with Gasteiger partial charge in [0.15, 0.2) is 0 Å². The lowest BCUT2D eigenvalue weighted by molar-refractivity contribution is -0.139. The molecule has 1 heterocycles. The zero-order valence-corrected chi connectivity index (χ0v) is 8.69. The van der Waals surface area contributed by atoms with Crippen LogP contribution in [0.5, 0.6) is 0 Å². The molecule has 0 aliphatic carbocycles. The van der Waals surface area contributed by atoms with Crippen molar-refractivity contribution in [3.05, 3.63) is 0 Å². The molecule has 0 aromatic carbocycles. The highest BCUT2D eigenvalue weighted by Crippen LogP contribution is 2.17. The van der Waals surface area contributed by atoms with Crippen LogP contribution in [0, 0.1) is 5.92 Å². The van der Waals surface area contributed by atoms with Crippen molar-refractivity contribution in [1.29, 1.82) is 0 Å². The van der Waals surface area contributed by atoms with Crippen molar-refractivity contribution in [2.45, 2.75) is 13.3 Å². The van der Waals surface area contributed by atoms with Gasteiger partial charge in [0, 0.05) is 25.4 Å². The molecule has 0 bridgehead atoms. The van der Waals surface area contributed by atoms with Crippen LogP contribution < -0.4 is 4.72 Å². The third-order valence-electron chi connectivity index (χ3n) is 2.05. The molecule has 2 amide bonds. The van der Waals surface area contributed by atoms with Gasteiger partial charge in [0.05, 0.1) is 0 Å². The van der Waals surface area contributed by atoms with Gasteiger partial charge in [-0.15, -0.1) is 0 Å². The quantitative estimate of drug-likeness (QED) is 0.403. The van der Waals surface area contributed by atoms with E-state index >= 15 is 0 Å². The molecule has 0 saturated carbocycles. The van der Waals surface area contributed by atoms with E-state index in [2.05, 4.69) is 4.72 Å². The fourth-order valence-electron chi connectivity index (χ4n) is 1.34. The van der Waals surface area contributed by atoms with Crippen molar-refractivity contribution in [3.63, 3.8) is 0 Å². The molecule has 5 heteroatoms. The van der Waals surface area contributed by atoms with Crippen LogP contribution in [0.4, 0.5) is 0 Å². The van der Waals surface area contributed by atoms with Gasteiger partial charge in [0.25, 0.3) is 0 Å². The first-order chi connectivity index (χ1) is 6.16. The molecule has 1 saturated heterocycles. The van der Waals surface area contributed by atoms with Gasteiger partial charge in [-0.2, -0.15) is 0 Å². The Morgan fingerprint density at radius 1 is 1.62 bits per heavy atom. The van der Waals surface area contributed by atoms with E-state index in [1.807, 2.05) is 6.26 Å². The summed E-state index contributed by atoms with van der Waals surface area (Å²) in [5.41, 5.74) is 0. The predicted molar refractivity (Wildman–Crippen MR) is 52.0 cm³/mol. The average molecular weight is 202 g/mol. The summed E-state index contributed by atoms with van der Waals surface area (Å²) in [6.45, 7) is 2.94. The van der Waals surface area contributed by atoms with Crippen LogP contribution in [0.25, 0.3) is 0 Å². The van der Waals surface area contributed by atoms with Crippen molar-refractivity contribution < 1.29 is 9.59 Å². The van der Waals surface area contributed by atoms with Gasteiger partial charge in [0.2, 0.25) is 11.8 Å². The zero-order valence-electron chi connectivity index (χ0n) is 7.87. The summed E-state index contributed by atoms with van der Waals surface area (Å²) in [5.74, 6) is -0.199. The van der Waals surface area contributed by atoms with Crippen LogP contribution in [0.3, 0.4) is 0 Å². The molecule has 1 unspecified atom stereocenters. The number of imide groups is 1. The maximum Gasteiger partial charge on any atom is 0.232 e. The third kappa shape index (κ3) is 2.45. The number of carbonyl (C=O) groups excluding carboxylic acids is 2. The minimum Gasteiger partial charge on any atom is -0.281 e. The second-order valence-corrected chi connectivity index (χ2v) is 3.78. The van der Waals surface area contributed by atoms with Crippen LogP contribution in [-0.2, 0) is 9.59 Å². The first-order valence-electron chi connectivity index (χ1n) is 4.27. The van der Waals surface area contributed by atoms with Crippen molar-refractivity contribution in [1.82, 2.24) is 9.62 Å². The van der Waals surface area contributed by atoms with E-state index in [9.17, 15) is 9.59 Å². The Morgan fingerprint density at radius 2 is 2.31 bits per heavy atom. The number of hydrogen-bond donors (Lipinski definition) is 1. The van der Waals surface area contributed by atoms with Gasteiger partial charge in [-0.1, -0.05) is 18.9 Å². The van der Waals surface area contributed by atoms with Gasteiger partial charge < -0.3 is 0 Å². The summed E-state index contributed by atoms with van der Waals surface area (Å²) in [4.78, 5) is 24.0. The molecule has 13 heavy (non-hydrogen) atoms. The molecule has 1 rings (SSSR count). The first kappa shape index (κ1) is 10.5. The molecular weight excluding hydrogens is 188 g/mol. The van der Waals surface area contributed by atoms with Gasteiger partial charge in [-0.3, -0.25) is 19.2 Å². The largest absolute Gasteiger partial charge is 0.281 e. The Bertz CT molecular complexity index is 220. The normalized spacial score (nSPS) is 22.9. The minimum atomic E-state index is -0.123. The molecule has 1 N–H and O–H groups in total. The highest BCUT2D eigenvalue weighted by molar-refractivity contribution is 7.96. The third-order valence-corrected chi connectivity index (χ3v) is 2.54. The van der Waals surface area contributed by atoms with E-state index in [1.165, 1.54) is 16.8 Å². The number of nitrogens with zero attached hydrogens (tertiary/aromatic N) is 1. The average Bonchev–Trinajstić information content (AvgIpc) is 2.32. The Morgan fingerprint density at radius 3 is 2.77 bits per heavy atom. The molecule has 0 aromatic rings. The summed E-state index contributed by atoms with van der Waals surface area (Å²) in [5, 5.41) is 0. The monoisotopic (exact) mass is 202 g/mol. The molecule has 0 spiro atoms. The second-order valence-electron chi connectivity index (χ2n) is 3.09. The van der Waals surface area contributed by atoms with E-state index < -0.39 is 0 Å². The molecule has 74 valence electrons. The van der Waals surface area contributed by atoms with E-state index in [0.29, 0.717) is 19.5 Å². The predicted octanol–water partition coefficient (Wildman–Crippen LogP) is 0.249. The van der Waals surface area contributed by atoms with Crippen molar-refractivity contribution in [3.8, 4) is 0 Å². The van der Waals surface area contributed by atoms with Crippen LogP contribution in [0.1, 0.15) is 13.3 Å². The molecule has 4 nitrogen and oxygen atoms in total. The maximum absolute atomic E-state index is 11.4. The minimum absolute atomic E-state index is 0.0343. The number of amides is 2. The van der Waals surface area contributed by atoms with Crippen LogP contribution >= 0.6 is 11.9 Å². The lowest BCUT2D eigenvalue weighted by Gasteiger charge is -2.13. The van der Waals surface area contributed by atoms with Crippen molar-refractivity contribution >= 4 is 23.8 Å². The molecule has 0 radical (unpaired) electrons. The first-order valence-corrected chi connectivity index (χ1v) is 5.49. The molecule has 1 aliphatic heterocycles. The van der Waals surface area contributed by atoms with Gasteiger partial charge in [-0.25, -0.2) is 0 Å². The topological polar surface area (TPSA) is 49.4 Å². The van der Waals surface area contributed by atoms with Crippen molar-refractivity contribution in [2.75, 3.05) is 19.3 Å².